The fourth-order valence-corrected chi connectivity index (χ4v) is 3.52. The first-order valence-electron chi connectivity index (χ1n) is 7.57. The van der Waals surface area contributed by atoms with Gasteiger partial charge in [0.05, 0.1) is 17.4 Å². The lowest BCUT2D eigenvalue weighted by Crippen LogP contribution is -2.31. The van der Waals surface area contributed by atoms with Gasteiger partial charge in [0.2, 0.25) is 0 Å². The number of pyridine rings is 1. The van der Waals surface area contributed by atoms with Crippen molar-refractivity contribution >= 4 is 21.6 Å². The number of nitrogens with zero attached hydrogens (tertiary/aromatic N) is 2. The number of ether oxygens (including phenoxy) is 1. The molecule has 4 rings (SSSR count). The van der Waals surface area contributed by atoms with Gasteiger partial charge in [-0.2, -0.15) is 8.78 Å². The zero-order chi connectivity index (χ0) is 16.7. The standard InChI is InChI=1S/C17H14BrF2N3O/c18-10-5-6-14-22-12-7-8-21-15(16(12)23(14)9-10)11-3-1-2-4-13(11)24-17(19)20/h1-6,9,15,17,21H,7-8H2/t15-/m0/s1. The Hall–Kier alpha value is -1.99. The maximum absolute atomic E-state index is 12.7. The molecular formula is C17H14BrF2N3O. The van der Waals surface area contributed by atoms with Gasteiger partial charge < -0.3 is 14.5 Å². The minimum Gasteiger partial charge on any atom is -0.434 e. The molecule has 0 spiro atoms. The van der Waals surface area contributed by atoms with Crippen LogP contribution in [0.2, 0.25) is 0 Å². The highest BCUT2D eigenvalue weighted by Gasteiger charge is 2.29. The number of nitrogens with one attached hydrogen (secondary N) is 1. The molecule has 1 aromatic carbocycles. The molecule has 1 atom stereocenters. The minimum atomic E-state index is -2.86. The van der Waals surface area contributed by atoms with Crippen LogP contribution in [0, 0.1) is 0 Å². The summed E-state index contributed by atoms with van der Waals surface area (Å²) in [5.41, 5.74) is 3.45. The van der Waals surface area contributed by atoms with Crippen molar-refractivity contribution in [3.05, 3.63) is 64.0 Å². The first-order chi connectivity index (χ1) is 11.6. The Morgan fingerprint density at radius 1 is 1.25 bits per heavy atom. The van der Waals surface area contributed by atoms with E-state index in [9.17, 15) is 8.78 Å². The highest BCUT2D eigenvalue weighted by molar-refractivity contribution is 9.10. The quantitative estimate of drug-likeness (QED) is 0.732. The van der Waals surface area contributed by atoms with Crippen LogP contribution in [0.15, 0.2) is 47.1 Å². The highest BCUT2D eigenvalue weighted by Crippen LogP contribution is 2.35. The average Bonchev–Trinajstić information content (AvgIpc) is 2.93. The molecule has 1 N–H and O–H groups in total. The molecule has 2 aromatic heterocycles. The van der Waals surface area contributed by atoms with Crippen LogP contribution in [-0.2, 0) is 6.42 Å². The lowest BCUT2D eigenvalue weighted by atomic mass is 9.97. The van der Waals surface area contributed by atoms with E-state index >= 15 is 0 Å². The average molecular weight is 394 g/mol. The van der Waals surface area contributed by atoms with Crippen molar-refractivity contribution in [3.63, 3.8) is 0 Å². The summed E-state index contributed by atoms with van der Waals surface area (Å²) < 4.78 is 33.1. The molecule has 0 saturated carbocycles. The third-order valence-electron chi connectivity index (χ3n) is 4.13. The number of para-hydroxylation sites is 1. The number of fused-ring (bicyclic) bond motifs is 3. The first-order valence-corrected chi connectivity index (χ1v) is 8.36. The van der Waals surface area contributed by atoms with Gasteiger partial charge in [-0.05, 0) is 34.1 Å². The van der Waals surface area contributed by atoms with Crippen molar-refractivity contribution < 1.29 is 13.5 Å². The Balaban J connectivity index is 1.88. The molecule has 0 radical (unpaired) electrons. The zero-order valence-electron chi connectivity index (χ0n) is 12.5. The lowest BCUT2D eigenvalue weighted by molar-refractivity contribution is -0.0506. The molecule has 0 saturated heterocycles. The number of aromatic nitrogens is 2. The molecule has 0 unspecified atom stereocenters. The van der Waals surface area contributed by atoms with Crippen LogP contribution in [0.4, 0.5) is 8.78 Å². The summed E-state index contributed by atoms with van der Waals surface area (Å²) in [4.78, 5) is 4.67. The summed E-state index contributed by atoms with van der Waals surface area (Å²) in [6.07, 6.45) is 2.74. The van der Waals surface area contributed by atoms with Crippen molar-refractivity contribution in [1.82, 2.24) is 14.7 Å². The lowest BCUT2D eigenvalue weighted by Gasteiger charge is -2.26. The Morgan fingerprint density at radius 3 is 2.92 bits per heavy atom. The predicted octanol–water partition coefficient (Wildman–Crippen LogP) is 3.93. The van der Waals surface area contributed by atoms with Crippen molar-refractivity contribution in [2.24, 2.45) is 0 Å². The van der Waals surface area contributed by atoms with Gasteiger partial charge >= 0.3 is 6.61 Å². The van der Waals surface area contributed by atoms with Crippen LogP contribution in [0.3, 0.4) is 0 Å². The van der Waals surface area contributed by atoms with E-state index in [1.807, 2.05) is 34.9 Å². The number of imidazole rings is 1. The van der Waals surface area contributed by atoms with Crippen LogP contribution in [0.5, 0.6) is 5.75 Å². The highest BCUT2D eigenvalue weighted by atomic mass is 79.9. The minimum absolute atomic E-state index is 0.183. The monoisotopic (exact) mass is 393 g/mol. The Labute approximate surface area is 145 Å². The van der Waals surface area contributed by atoms with E-state index in [2.05, 4.69) is 26.2 Å². The summed E-state index contributed by atoms with van der Waals surface area (Å²) in [5, 5.41) is 3.40. The molecular weight excluding hydrogens is 380 g/mol. The first kappa shape index (κ1) is 15.5. The summed E-state index contributed by atoms with van der Waals surface area (Å²) >= 11 is 3.48. The van der Waals surface area contributed by atoms with Gasteiger partial charge in [-0.25, -0.2) is 4.98 Å². The van der Waals surface area contributed by atoms with E-state index in [-0.39, 0.29) is 11.8 Å². The Morgan fingerprint density at radius 2 is 2.08 bits per heavy atom. The largest absolute Gasteiger partial charge is 0.434 e. The van der Waals surface area contributed by atoms with Gasteiger partial charge in [0.1, 0.15) is 11.4 Å². The molecule has 124 valence electrons. The third-order valence-corrected chi connectivity index (χ3v) is 4.59. The second kappa shape index (κ2) is 6.14. The van der Waals surface area contributed by atoms with E-state index in [0.717, 1.165) is 34.5 Å². The SMILES string of the molecule is FC(F)Oc1ccccc1[C@@H]1NCCc2nc3ccc(Br)cn3c21. The van der Waals surface area contributed by atoms with Crippen LogP contribution < -0.4 is 10.1 Å². The molecule has 0 bridgehead atoms. The van der Waals surface area contributed by atoms with Crippen molar-refractivity contribution in [3.8, 4) is 5.75 Å². The molecule has 0 amide bonds. The second-order valence-electron chi connectivity index (χ2n) is 5.57. The Bertz CT molecular complexity index is 897. The fraction of sp³-hybridized carbons (Fsp3) is 0.235. The fourth-order valence-electron chi connectivity index (χ4n) is 3.19. The van der Waals surface area contributed by atoms with Crippen LogP contribution in [0.1, 0.15) is 23.0 Å². The van der Waals surface area contributed by atoms with Gasteiger partial charge in [-0.1, -0.05) is 18.2 Å². The van der Waals surface area contributed by atoms with Crippen LogP contribution >= 0.6 is 15.9 Å². The maximum Gasteiger partial charge on any atom is 0.387 e. The molecule has 24 heavy (non-hydrogen) atoms. The van der Waals surface area contributed by atoms with Gasteiger partial charge in [-0.15, -0.1) is 0 Å². The Kier molecular flexibility index (Phi) is 3.97. The summed E-state index contributed by atoms with van der Waals surface area (Å²) in [5.74, 6) is 0.183. The third kappa shape index (κ3) is 2.67. The topological polar surface area (TPSA) is 38.6 Å². The van der Waals surface area contributed by atoms with Crippen LogP contribution in [-0.4, -0.2) is 22.5 Å². The van der Waals surface area contributed by atoms with Crippen molar-refractivity contribution in [2.75, 3.05) is 6.54 Å². The number of benzene rings is 1. The van der Waals surface area contributed by atoms with Gasteiger partial charge in [0.25, 0.3) is 0 Å². The molecule has 1 aliphatic rings. The molecule has 0 aliphatic carbocycles. The predicted molar refractivity (Wildman–Crippen MR) is 89.5 cm³/mol. The second-order valence-corrected chi connectivity index (χ2v) is 6.49. The number of rotatable bonds is 3. The normalized spacial score (nSPS) is 17.2. The maximum atomic E-state index is 12.7. The number of hydrogen-bond donors (Lipinski definition) is 1. The molecule has 0 fully saturated rings. The van der Waals surface area contributed by atoms with E-state index in [4.69, 9.17) is 4.74 Å². The van der Waals surface area contributed by atoms with E-state index in [1.54, 1.807) is 12.1 Å². The van der Waals surface area contributed by atoms with Gasteiger partial charge in [0, 0.05) is 29.2 Å². The smallest absolute Gasteiger partial charge is 0.387 e. The van der Waals surface area contributed by atoms with E-state index in [0.29, 0.717) is 5.56 Å². The summed E-state index contributed by atoms with van der Waals surface area (Å²) in [6, 6.07) is 10.5. The number of halogens is 3. The number of alkyl halides is 2. The molecule has 7 heteroatoms. The number of hydrogen-bond acceptors (Lipinski definition) is 3. The molecule has 4 nitrogen and oxygen atoms in total. The van der Waals surface area contributed by atoms with E-state index < -0.39 is 6.61 Å². The molecule has 3 aromatic rings. The zero-order valence-corrected chi connectivity index (χ0v) is 14.1. The van der Waals surface area contributed by atoms with Crippen LogP contribution in [0.25, 0.3) is 5.65 Å². The van der Waals surface area contributed by atoms with Crippen molar-refractivity contribution in [2.45, 2.75) is 19.1 Å². The van der Waals surface area contributed by atoms with Crippen molar-refractivity contribution in [1.29, 1.82) is 0 Å². The molecule has 3 heterocycles. The summed E-state index contributed by atoms with van der Waals surface area (Å²) in [6.45, 7) is -2.13. The molecule has 1 aliphatic heterocycles. The summed E-state index contributed by atoms with van der Waals surface area (Å²) in [7, 11) is 0. The van der Waals surface area contributed by atoms with E-state index in [1.165, 1.54) is 0 Å². The van der Waals surface area contributed by atoms with Gasteiger partial charge in [0.15, 0.2) is 0 Å². The van der Waals surface area contributed by atoms with Gasteiger partial charge in [-0.3, -0.25) is 0 Å².